The van der Waals surface area contributed by atoms with Crippen molar-refractivity contribution in [1.82, 2.24) is 9.80 Å². The van der Waals surface area contributed by atoms with Crippen LogP contribution in [0.25, 0.3) is 0 Å². The van der Waals surface area contributed by atoms with Gasteiger partial charge in [-0.05, 0) is 30.3 Å². The molecule has 0 radical (unpaired) electrons. The van der Waals surface area contributed by atoms with Crippen LogP contribution in [0.2, 0.25) is 0 Å². The van der Waals surface area contributed by atoms with Crippen molar-refractivity contribution in [2.24, 2.45) is 0 Å². The van der Waals surface area contributed by atoms with Crippen molar-refractivity contribution >= 4 is 27.7 Å². The number of rotatable bonds is 4. The maximum absolute atomic E-state index is 12.8. The Balaban J connectivity index is 1.67. The van der Waals surface area contributed by atoms with E-state index in [1.165, 1.54) is 0 Å². The first kappa shape index (κ1) is 19.2. The van der Waals surface area contributed by atoms with Crippen LogP contribution < -0.4 is 9.47 Å². The molecule has 7 heteroatoms. The third-order valence-electron chi connectivity index (χ3n) is 4.52. The van der Waals surface area contributed by atoms with Gasteiger partial charge < -0.3 is 19.3 Å². The van der Waals surface area contributed by atoms with Crippen LogP contribution in [0.4, 0.5) is 0 Å². The SMILES string of the molecule is COc1cc(OC)cc(C(=O)N2CCN(C(=O)c3cccc(Br)c3)CC2)c1. The van der Waals surface area contributed by atoms with Crippen LogP contribution >= 0.6 is 15.9 Å². The molecule has 2 amide bonds. The molecule has 142 valence electrons. The molecule has 1 aliphatic rings. The van der Waals surface area contributed by atoms with Gasteiger partial charge in [-0.25, -0.2) is 0 Å². The van der Waals surface area contributed by atoms with Crippen LogP contribution in [0, 0.1) is 0 Å². The van der Waals surface area contributed by atoms with Gasteiger partial charge >= 0.3 is 0 Å². The Kier molecular flexibility index (Phi) is 6.01. The molecule has 6 nitrogen and oxygen atoms in total. The lowest BCUT2D eigenvalue weighted by atomic mass is 10.1. The number of hydrogen-bond acceptors (Lipinski definition) is 4. The first-order valence-corrected chi connectivity index (χ1v) is 9.38. The van der Waals surface area contributed by atoms with E-state index in [1.807, 2.05) is 18.2 Å². The number of carbonyl (C=O) groups is 2. The van der Waals surface area contributed by atoms with Crippen LogP contribution in [0.1, 0.15) is 20.7 Å². The van der Waals surface area contributed by atoms with Crippen LogP contribution in [-0.2, 0) is 0 Å². The van der Waals surface area contributed by atoms with Gasteiger partial charge in [-0.2, -0.15) is 0 Å². The van der Waals surface area contributed by atoms with E-state index in [0.29, 0.717) is 48.8 Å². The van der Waals surface area contributed by atoms with Gasteiger partial charge in [0.15, 0.2) is 0 Å². The van der Waals surface area contributed by atoms with E-state index in [0.717, 1.165) is 4.47 Å². The van der Waals surface area contributed by atoms with Gasteiger partial charge in [0.2, 0.25) is 0 Å². The van der Waals surface area contributed by atoms with Gasteiger partial charge in [-0.15, -0.1) is 0 Å². The number of hydrogen-bond donors (Lipinski definition) is 0. The van der Waals surface area contributed by atoms with E-state index in [-0.39, 0.29) is 11.8 Å². The molecule has 2 aromatic carbocycles. The molecule has 1 heterocycles. The van der Waals surface area contributed by atoms with Crippen molar-refractivity contribution < 1.29 is 19.1 Å². The summed E-state index contributed by atoms with van der Waals surface area (Å²) in [6.45, 7) is 1.96. The molecular weight excluding hydrogens is 412 g/mol. The highest BCUT2D eigenvalue weighted by molar-refractivity contribution is 9.10. The second-order valence-electron chi connectivity index (χ2n) is 6.20. The largest absolute Gasteiger partial charge is 0.497 e. The molecular formula is C20H21BrN2O4. The molecule has 0 bridgehead atoms. The third-order valence-corrected chi connectivity index (χ3v) is 5.02. The van der Waals surface area contributed by atoms with E-state index < -0.39 is 0 Å². The fraction of sp³-hybridized carbons (Fsp3) is 0.300. The van der Waals surface area contributed by atoms with Crippen molar-refractivity contribution in [2.75, 3.05) is 40.4 Å². The Morgan fingerprint density at radius 1 is 0.815 bits per heavy atom. The molecule has 0 atom stereocenters. The Hall–Kier alpha value is -2.54. The second kappa shape index (κ2) is 8.43. The molecule has 1 saturated heterocycles. The van der Waals surface area contributed by atoms with Crippen molar-refractivity contribution in [1.29, 1.82) is 0 Å². The minimum atomic E-state index is -0.0956. The van der Waals surface area contributed by atoms with E-state index >= 15 is 0 Å². The average molecular weight is 433 g/mol. The predicted octanol–water partition coefficient (Wildman–Crippen LogP) is 3.06. The van der Waals surface area contributed by atoms with Crippen molar-refractivity contribution in [3.8, 4) is 11.5 Å². The van der Waals surface area contributed by atoms with Gasteiger partial charge in [-0.3, -0.25) is 9.59 Å². The highest BCUT2D eigenvalue weighted by Crippen LogP contribution is 2.24. The second-order valence-corrected chi connectivity index (χ2v) is 7.11. The molecule has 0 aliphatic carbocycles. The van der Waals surface area contributed by atoms with Crippen LogP contribution in [0.5, 0.6) is 11.5 Å². The Bertz CT molecular complexity index is 825. The number of halogens is 1. The molecule has 3 rings (SSSR count). The third kappa shape index (κ3) is 4.42. The zero-order valence-electron chi connectivity index (χ0n) is 15.3. The van der Waals surface area contributed by atoms with Crippen molar-refractivity contribution in [3.05, 3.63) is 58.1 Å². The standard InChI is InChI=1S/C20H21BrN2O4/c1-26-17-11-15(12-18(13-17)27-2)20(25)23-8-6-22(7-9-23)19(24)14-4-3-5-16(21)10-14/h3-5,10-13H,6-9H2,1-2H3. The molecule has 0 unspecified atom stereocenters. The molecule has 0 spiro atoms. The monoisotopic (exact) mass is 432 g/mol. The molecule has 2 aromatic rings. The summed E-state index contributed by atoms with van der Waals surface area (Å²) in [6, 6.07) is 12.5. The molecule has 27 heavy (non-hydrogen) atoms. The summed E-state index contributed by atoms with van der Waals surface area (Å²) in [7, 11) is 3.10. The summed E-state index contributed by atoms with van der Waals surface area (Å²) in [4.78, 5) is 29.0. The van der Waals surface area contributed by atoms with Crippen molar-refractivity contribution in [3.63, 3.8) is 0 Å². The molecule has 0 N–H and O–H groups in total. The van der Waals surface area contributed by atoms with E-state index in [2.05, 4.69) is 15.9 Å². The summed E-state index contributed by atoms with van der Waals surface area (Å²) < 4.78 is 11.3. The van der Waals surface area contributed by atoms with Gasteiger partial charge in [-0.1, -0.05) is 22.0 Å². The number of amides is 2. The summed E-state index contributed by atoms with van der Waals surface area (Å²) in [6.07, 6.45) is 0. The van der Waals surface area contributed by atoms with Gasteiger partial charge in [0.05, 0.1) is 14.2 Å². The quantitative estimate of drug-likeness (QED) is 0.744. The lowest BCUT2D eigenvalue weighted by Gasteiger charge is -2.35. The highest BCUT2D eigenvalue weighted by atomic mass is 79.9. The zero-order valence-corrected chi connectivity index (χ0v) is 16.9. The summed E-state index contributed by atoms with van der Waals surface area (Å²) in [5.41, 5.74) is 1.15. The molecule has 1 aliphatic heterocycles. The Morgan fingerprint density at radius 3 is 1.81 bits per heavy atom. The predicted molar refractivity (Wildman–Crippen MR) is 105 cm³/mol. The minimum absolute atomic E-state index is 0.0218. The number of piperazine rings is 1. The van der Waals surface area contributed by atoms with Crippen LogP contribution in [0.15, 0.2) is 46.9 Å². The normalized spacial score (nSPS) is 14.0. The first-order chi connectivity index (χ1) is 13.0. The van der Waals surface area contributed by atoms with Gasteiger partial charge in [0.25, 0.3) is 11.8 Å². The number of methoxy groups -OCH3 is 2. The average Bonchev–Trinajstić information content (AvgIpc) is 2.72. The molecule has 1 fully saturated rings. The van der Waals surface area contributed by atoms with Gasteiger partial charge in [0.1, 0.15) is 11.5 Å². The molecule has 0 aromatic heterocycles. The fourth-order valence-corrected chi connectivity index (χ4v) is 3.43. The van der Waals surface area contributed by atoms with E-state index in [4.69, 9.17) is 9.47 Å². The fourth-order valence-electron chi connectivity index (χ4n) is 3.03. The number of benzene rings is 2. The lowest BCUT2D eigenvalue weighted by Crippen LogP contribution is -2.50. The maximum atomic E-state index is 12.8. The summed E-state index contributed by atoms with van der Waals surface area (Å²) in [5.74, 6) is 1.02. The van der Waals surface area contributed by atoms with Gasteiger partial charge in [0, 0.05) is 47.8 Å². The lowest BCUT2D eigenvalue weighted by molar-refractivity contribution is 0.0535. The summed E-state index contributed by atoms with van der Waals surface area (Å²) in [5, 5.41) is 0. The minimum Gasteiger partial charge on any atom is -0.497 e. The van der Waals surface area contributed by atoms with Crippen LogP contribution in [-0.4, -0.2) is 62.0 Å². The number of ether oxygens (including phenoxy) is 2. The summed E-state index contributed by atoms with van der Waals surface area (Å²) >= 11 is 3.39. The van der Waals surface area contributed by atoms with Crippen molar-refractivity contribution in [2.45, 2.75) is 0 Å². The topological polar surface area (TPSA) is 59.1 Å². The smallest absolute Gasteiger partial charge is 0.254 e. The Labute approximate surface area is 166 Å². The Morgan fingerprint density at radius 2 is 1.33 bits per heavy atom. The molecule has 0 saturated carbocycles. The zero-order chi connectivity index (χ0) is 19.4. The maximum Gasteiger partial charge on any atom is 0.254 e. The van der Waals surface area contributed by atoms with E-state index in [9.17, 15) is 9.59 Å². The number of carbonyl (C=O) groups excluding carboxylic acids is 2. The number of nitrogens with zero attached hydrogens (tertiary/aromatic N) is 2. The highest BCUT2D eigenvalue weighted by Gasteiger charge is 2.26. The van der Waals surface area contributed by atoms with E-state index in [1.54, 1.807) is 48.3 Å². The first-order valence-electron chi connectivity index (χ1n) is 8.59. The van der Waals surface area contributed by atoms with Crippen LogP contribution in [0.3, 0.4) is 0 Å².